The molecule has 1 heterocycles. The molecular weight excluding hydrogens is 369 g/mol. The average Bonchev–Trinajstić information content (AvgIpc) is 2.77. The third kappa shape index (κ3) is 2.42. The summed E-state index contributed by atoms with van der Waals surface area (Å²) in [6.07, 6.45) is 0. The fourth-order valence-electron chi connectivity index (χ4n) is 2.17. The van der Waals surface area contributed by atoms with Gasteiger partial charge in [-0.3, -0.25) is 4.57 Å². The van der Waals surface area contributed by atoms with Crippen LogP contribution in [0.3, 0.4) is 0 Å². The standard InChI is InChI=1S/C14H7BrClF3N2/c15-9-3-7(17)1-2-11(9)21-12-5-8(18)4-10(19)14(12)20-13(21)6-16/h1-5H,6H2. The minimum Gasteiger partial charge on any atom is -0.294 e. The van der Waals surface area contributed by atoms with Crippen molar-refractivity contribution >= 4 is 38.6 Å². The summed E-state index contributed by atoms with van der Waals surface area (Å²) in [6.45, 7) is 0. The summed E-state index contributed by atoms with van der Waals surface area (Å²) in [6, 6.07) is 5.92. The number of rotatable bonds is 2. The predicted molar refractivity (Wildman–Crippen MR) is 78.2 cm³/mol. The van der Waals surface area contributed by atoms with Crippen LogP contribution in [0.25, 0.3) is 16.7 Å². The highest BCUT2D eigenvalue weighted by Gasteiger charge is 2.18. The Bertz CT molecular complexity index is 848. The summed E-state index contributed by atoms with van der Waals surface area (Å²) in [5, 5.41) is 0. The quantitative estimate of drug-likeness (QED) is 0.580. The summed E-state index contributed by atoms with van der Waals surface area (Å²) < 4.78 is 42.5. The van der Waals surface area contributed by atoms with Crippen molar-refractivity contribution < 1.29 is 13.2 Å². The Hall–Kier alpha value is -1.53. The Kier molecular flexibility index (Phi) is 3.67. The summed E-state index contributed by atoms with van der Waals surface area (Å²) in [5.74, 6) is -1.59. The molecule has 0 saturated carbocycles. The molecule has 3 aromatic rings. The van der Waals surface area contributed by atoms with Crippen molar-refractivity contribution in [1.82, 2.24) is 9.55 Å². The van der Waals surface area contributed by atoms with E-state index in [9.17, 15) is 13.2 Å². The first-order chi connectivity index (χ1) is 10.0. The van der Waals surface area contributed by atoms with Gasteiger partial charge in [-0.2, -0.15) is 0 Å². The molecule has 0 radical (unpaired) electrons. The van der Waals surface area contributed by atoms with Crippen molar-refractivity contribution in [2.24, 2.45) is 0 Å². The van der Waals surface area contributed by atoms with Gasteiger partial charge < -0.3 is 0 Å². The second-order valence-corrected chi connectivity index (χ2v) is 5.47. The molecule has 0 unspecified atom stereocenters. The number of benzene rings is 2. The van der Waals surface area contributed by atoms with Gasteiger partial charge in [0.05, 0.1) is 17.1 Å². The maximum Gasteiger partial charge on any atom is 0.153 e. The second kappa shape index (κ2) is 5.35. The van der Waals surface area contributed by atoms with Crippen LogP contribution in [0.4, 0.5) is 13.2 Å². The van der Waals surface area contributed by atoms with Gasteiger partial charge in [-0.25, -0.2) is 18.2 Å². The van der Waals surface area contributed by atoms with E-state index in [0.29, 0.717) is 16.0 Å². The molecule has 0 bridgehead atoms. The lowest BCUT2D eigenvalue weighted by Gasteiger charge is -2.10. The minimum atomic E-state index is -0.770. The van der Waals surface area contributed by atoms with Crippen LogP contribution >= 0.6 is 27.5 Å². The van der Waals surface area contributed by atoms with E-state index in [2.05, 4.69) is 20.9 Å². The zero-order chi connectivity index (χ0) is 15.1. The number of halogens is 5. The molecule has 0 aliphatic carbocycles. The van der Waals surface area contributed by atoms with E-state index in [1.54, 1.807) is 0 Å². The minimum absolute atomic E-state index is 0.000441. The zero-order valence-electron chi connectivity index (χ0n) is 10.4. The maximum atomic E-state index is 13.8. The van der Waals surface area contributed by atoms with Crippen LogP contribution in [0.2, 0.25) is 0 Å². The van der Waals surface area contributed by atoms with E-state index < -0.39 is 17.5 Å². The topological polar surface area (TPSA) is 17.8 Å². The molecular formula is C14H7BrClF3N2. The predicted octanol–water partition coefficient (Wildman–Crippen LogP) is 4.94. The Morgan fingerprint density at radius 2 is 1.86 bits per heavy atom. The lowest BCUT2D eigenvalue weighted by molar-refractivity contribution is 0.590. The first-order valence-corrected chi connectivity index (χ1v) is 7.22. The van der Waals surface area contributed by atoms with E-state index in [1.165, 1.54) is 22.8 Å². The molecule has 7 heteroatoms. The number of imidazole rings is 1. The van der Waals surface area contributed by atoms with E-state index in [4.69, 9.17) is 11.6 Å². The molecule has 0 N–H and O–H groups in total. The monoisotopic (exact) mass is 374 g/mol. The van der Waals surface area contributed by atoms with Crippen molar-refractivity contribution in [3.05, 3.63) is 58.1 Å². The van der Waals surface area contributed by atoms with Gasteiger partial charge in [-0.05, 0) is 34.1 Å². The molecule has 2 nitrogen and oxygen atoms in total. The van der Waals surface area contributed by atoms with Crippen molar-refractivity contribution in [2.45, 2.75) is 5.88 Å². The number of alkyl halides is 1. The molecule has 0 amide bonds. The smallest absolute Gasteiger partial charge is 0.153 e. The van der Waals surface area contributed by atoms with Crippen LogP contribution in [0.15, 0.2) is 34.8 Å². The van der Waals surface area contributed by atoms with Crippen LogP contribution in [0, 0.1) is 17.5 Å². The molecule has 0 saturated heterocycles. The SMILES string of the molecule is Fc1ccc(-n2c(CCl)nc3c(F)cc(F)cc32)c(Br)c1. The van der Waals surface area contributed by atoms with E-state index in [-0.39, 0.29) is 16.9 Å². The largest absolute Gasteiger partial charge is 0.294 e. The lowest BCUT2D eigenvalue weighted by Crippen LogP contribution is -2.01. The molecule has 0 spiro atoms. The van der Waals surface area contributed by atoms with Crippen LogP contribution in [0.5, 0.6) is 0 Å². The number of fused-ring (bicyclic) bond motifs is 1. The zero-order valence-corrected chi connectivity index (χ0v) is 12.7. The summed E-state index contributed by atoms with van der Waals surface area (Å²) in [7, 11) is 0. The van der Waals surface area contributed by atoms with Crippen LogP contribution in [-0.2, 0) is 5.88 Å². The molecule has 0 aliphatic rings. The first kappa shape index (κ1) is 14.4. The first-order valence-electron chi connectivity index (χ1n) is 5.89. The third-order valence-corrected chi connectivity index (χ3v) is 3.89. The molecule has 0 atom stereocenters. The van der Waals surface area contributed by atoms with Gasteiger partial charge in [0.15, 0.2) is 5.82 Å². The number of hydrogen-bond donors (Lipinski definition) is 0. The van der Waals surface area contributed by atoms with Crippen molar-refractivity contribution in [3.8, 4) is 5.69 Å². The van der Waals surface area contributed by atoms with Gasteiger partial charge >= 0.3 is 0 Å². The molecule has 0 aliphatic heterocycles. The molecule has 108 valence electrons. The van der Waals surface area contributed by atoms with Gasteiger partial charge in [0, 0.05) is 16.6 Å². The number of aromatic nitrogens is 2. The highest BCUT2D eigenvalue weighted by Crippen LogP contribution is 2.30. The summed E-state index contributed by atoms with van der Waals surface area (Å²) in [4.78, 5) is 4.09. The van der Waals surface area contributed by atoms with E-state index >= 15 is 0 Å². The van der Waals surface area contributed by atoms with Gasteiger partial charge in [-0.15, -0.1) is 11.6 Å². The second-order valence-electron chi connectivity index (χ2n) is 4.35. The number of nitrogens with zero attached hydrogens (tertiary/aromatic N) is 2. The van der Waals surface area contributed by atoms with Gasteiger partial charge in [-0.1, -0.05) is 0 Å². The Morgan fingerprint density at radius 3 is 2.52 bits per heavy atom. The highest BCUT2D eigenvalue weighted by atomic mass is 79.9. The maximum absolute atomic E-state index is 13.8. The van der Waals surface area contributed by atoms with Crippen LogP contribution < -0.4 is 0 Å². The Labute approximate surface area is 131 Å². The number of hydrogen-bond acceptors (Lipinski definition) is 1. The molecule has 2 aromatic carbocycles. The van der Waals surface area contributed by atoms with Gasteiger partial charge in [0.25, 0.3) is 0 Å². The molecule has 0 fully saturated rings. The van der Waals surface area contributed by atoms with Crippen molar-refractivity contribution in [3.63, 3.8) is 0 Å². The van der Waals surface area contributed by atoms with Gasteiger partial charge in [0.1, 0.15) is 23.0 Å². The Balaban J connectivity index is 2.40. The molecule has 21 heavy (non-hydrogen) atoms. The molecule has 1 aromatic heterocycles. The van der Waals surface area contributed by atoms with Crippen molar-refractivity contribution in [2.75, 3.05) is 0 Å². The van der Waals surface area contributed by atoms with Gasteiger partial charge in [0.2, 0.25) is 0 Å². The lowest BCUT2D eigenvalue weighted by atomic mass is 10.2. The highest BCUT2D eigenvalue weighted by molar-refractivity contribution is 9.10. The normalized spacial score (nSPS) is 11.3. The van der Waals surface area contributed by atoms with E-state index in [0.717, 1.165) is 12.1 Å². The fourth-order valence-corrected chi connectivity index (χ4v) is 2.88. The van der Waals surface area contributed by atoms with E-state index in [1.807, 2.05) is 0 Å². The fraction of sp³-hybridized carbons (Fsp3) is 0.0714. The van der Waals surface area contributed by atoms with Crippen LogP contribution in [0.1, 0.15) is 5.82 Å². The summed E-state index contributed by atoms with van der Waals surface area (Å²) >= 11 is 9.08. The average molecular weight is 376 g/mol. The van der Waals surface area contributed by atoms with Crippen LogP contribution in [-0.4, -0.2) is 9.55 Å². The Morgan fingerprint density at radius 1 is 1.10 bits per heavy atom. The summed E-state index contributed by atoms with van der Waals surface area (Å²) in [5.41, 5.74) is 0.748. The van der Waals surface area contributed by atoms with Crippen molar-refractivity contribution in [1.29, 1.82) is 0 Å². The molecule has 3 rings (SSSR count). The third-order valence-electron chi connectivity index (χ3n) is 3.02.